The summed E-state index contributed by atoms with van der Waals surface area (Å²) in [5, 5.41) is 2.37. The Bertz CT molecular complexity index is 2340. The molecule has 7 aromatic rings. The fraction of sp³-hybridized carbons (Fsp3) is 0.146. The van der Waals surface area contributed by atoms with Crippen LogP contribution in [0.2, 0.25) is 0 Å². The standard InChI is InChI=1S/C41H36N4/c1-28-12-5-6-15-33(28)29-22-23-42-40(24-29)45-36-17-8-7-16-34(36)35-21-20-31(26-39(35)45)41(2,3)30-13-11-14-32(25-30)44-27-43(4)37-18-9-10-19-38(37)44/h5-26H,27H2,1-4H3/i4D3. The third-order valence-corrected chi connectivity index (χ3v) is 9.45. The molecule has 1 aliphatic heterocycles. The Hall–Kier alpha value is -5.35. The topological polar surface area (TPSA) is 24.3 Å². The van der Waals surface area contributed by atoms with E-state index in [1.54, 1.807) is 0 Å². The van der Waals surface area contributed by atoms with Crippen molar-refractivity contribution in [2.75, 3.05) is 23.4 Å². The molecule has 0 saturated carbocycles. The Labute approximate surface area is 269 Å². The molecule has 5 aromatic carbocycles. The molecular formula is C41H36N4. The van der Waals surface area contributed by atoms with Crippen molar-refractivity contribution in [3.8, 4) is 16.9 Å². The zero-order valence-corrected chi connectivity index (χ0v) is 25.7. The molecule has 1 aliphatic rings. The first-order chi connectivity index (χ1) is 23.1. The van der Waals surface area contributed by atoms with E-state index in [9.17, 15) is 0 Å². The molecule has 8 rings (SSSR count). The lowest BCUT2D eigenvalue weighted by Crippen LogP contribution is -2.25. The highest BCUT2D eigenvalue weighted by Crippen LogP contribution is 2.42. The van der Waals surface area contributed by atoms with E-state index < -0.39 is 6.98 Å². The van der Waals surface area contributed by atoms with Crippen molar-refractivity contribution in [3.05, 3.63) is 150 Å². The Balaban J connectivity index is 1.24. The zero-order chi connectivity index (χ0) is 33.2. The Morgan fingerprint density at radius 2 is 1.44 bits per heavy atom. The Kier molecular flexibility index (Phi) is 5.54. The van der Waals surface area contributed by atoms with Crippen molar-refractivity contribution in [2.45, 2.75) is 26.2 Å². The second kappa shape index (κ2) is 10.4. The van der Waals surface area contributed by atoms with Crippen LogP contribution < -0.4 is 9.80 Å². The number of nitrogens with zero attached hydrogens (tertiary/aromatic N) is 4. The molecular weight excluding hydrogens is 548 g/mol. The van der Waals surface area contributed by atoms with Gasteiger partial charge in [0.15, 0.2) is 0 Å². The highest BCUT2D eigenvalue weighted by molar-refractivity contribution is 6.09. The van der Waals surface area contributed by atoms with Gasteiger partial charge in [-0.05, 0) is 83.3 Å². The van der Waals surface area contributed by atoms with Crippen LogP contribution in [0.1, 0.15) is 34.7 Å². The minimum Gasteiger partial charge on any atom is -0.355 e. The largest absolute Gasteiger partial charge is 0.355 e. The lowest BCUT2D eigenvalue weighted by atomic mass is 9.77. The molecule has 0 saturated heterocycles. The van der Waals surface area contributed by atoms with Gasteiger partial charge in [0.05, 0.1) is 29.1 Å². The summed E-state index contributed by atoms with van der Waals surface area (Å²) in [4.78, 5) is 8.49. The molecule has 2 aromatic heterocycles. The van der Waals surface area contributed by atoms with Gasteiger partial charge in [-0.3, -0.25) is 4.57 Å². The van der Waals surface area contributed by atoms with Crippen molar-refractivity contribution in [2.24, 2.45) is 0 Å². The number of aromatic nitrogens is 2. The summed E-state index contributed by atoms with van der Waals surface area (Å²) in [6, 6.07) is 44.3. The van der Waals surface area contributed by atoms with Gasteiger partial charge < -0.3 is 9.80 Å². The van der Waals surface area contributed by atoms with Crippen LogP contribution in [-0.2, 0) is 5.41 Å². The third kappa shape index (κ3) is 4.40. The van der Waals surface area contributed by atoms with E-state index in [4.69, 9.17) is 9.10 Å². The number of fused-ring (bicyclic) bond motifs is 4. The maximum Gasteiger partial charge on any atom is 0.138 e. The van der Waals surface area contributed by atoms with Gasteiger partial charge in [-0.1, -0.05) is 92.7 Å². The molecule has 220 valence electrons. The number of benzene rings is 5. The molecule has 4 nitrogen and oxygen atoms in total. The van der Waals surface area contributed by atoms with Crippen molar-refractivity contribution >= 4 is 38.9 Å². The maximum atomic E-state index is 8.14. The molecule has 0 N–H and O–H groups in total. The predicted octanol–water partition coefficient (Wildman–Crippen LogP) is 10.0. The van der Waals surface area contributed by atoms with E-state index in [2.05, 4.69) is 133 Å². The first-order valence-corrected chi connectivity index (χ1v) is 15.4. The number of aryl methyl sites for hydroxylation is 1. The van der Waals surface area contributed by atoms with Crippen LogP contribution in [0.3, 0.4) is 0 Å². The van der Waals surface area contributed by atoms with Crippen molar-refractivity contribution < 1.29 is 4.11 Å². The predicted molar refractivity (Wildman–Crippen MR) is 189 cm³/mol. The molecule has 0 fully saturated rings. The molecule has 0 aliphatic carbocycles. The summed E-state index contributed by atoms with van der Waals surface area (Å²) in [6.45, 7) is 4.68. The second-order valence-electron chi connectivity index (χ2n) is 12.5. The minimum atomic E-state index is -2.23. The average molecular weight is 588 g/mol. The Morgan fingerprint density at radius 1 is 0.689 bits per heavy atom. The third-order valence-electron chi connectivity index (χ3n) is 9.45. The van der Waals surface area contributed by atoms with Crippen LogP contribution >= 0.6 is 0 Å². The quantitative estimate of drug-likeness (QED) is 0.200. The SMILES string of the molecule is [2H]C([2H])([2H])N1CN(c2cccc(C(C)(C)c3ccc4c5ccccc5n(-c5cc(-c6ccccc6C)ccn5)c4c3)c2)c2ccccc21. The number of rotatable bonds is 5. The van der Waals surface area contributed by atoms with E-state index in [1.807, 2.05) is 30.5 Å². The van der Waals surface area contributed by atoms with E-state index in [1.165, 1.54) is 32.4 Å². The van der Waals surface area contributed by atoms with Gasteiger partial charge in [0.25, 0.3) is 0 Å². The zero-order valence-electron chi connectivity index (χ0n) is 28.7. The molecule has 0 unspecified atom stereocenters. The van der Waals surface area contributed by atoms with Gasteiger partial charge in [0.2, 0.25) is 0 Å². The Morgan fingerprint density at radius 3 is 2.31 bits per heavy atom. The van der Waals surface area contributed by atoms with Crippen LogP contribution in [0.5, 0.6) is 0 Å². The lowest BCUT2D eigenvalue weighted by Gasteiger charge is -2.28. The number of anilines is 3. The second-order valence-corrected chi connectivity index (χ2v) is 12.5. The summed E-state index contributed by atoms with van der Waals surface area (Å²) in [6.07, 6.45) is 1.90. The van der Waals surface area contributed by atoms with Gasteiger partial charge in [-0.2, -0.15) is 0 Å². The summed E-state index contributed by atoms with van der Waals surface area (Å²) in [5.41, 5.74) is 10.3. The first-order valence-electron chi connectivity index (χ1n) is 16.9. The normalized spacial score (nSPS) is 14.4. The molecule has 3 heterocycles. The molecule has 0 atom stereocenters. The number of para-hydroxylation sites is 3. The molecule has 0 spiro atoms. The van der Waals surface area contributed by atoms with Gasteiger partial charge >= 0.3 is 0 Å². The van der Waals surface area contributed by atoms with Crippen LogP contribution in [0, 0.1) is 6.92 Å². The first kappa shape index (κ1) is 24.0. The minimum absolute atomic E-state index is 0.264. The highest BCUT2D eigenvalue weighted by atomic mass is 15.4. The van der Waals surface area contributed by atoms with Gasteiger partial charge in [-0.25, -0.2) is 4.98 Å². The summed E-state index contributed by atoms with van der Waals surface area (Å²) in [7, 11) is 0. The lowest BCUT2D eigenvalue weighted by molar-refractivity contribution is 0.641. The molecule has 0 radical (unpaired) electrons. The fourth-order valence-corrected chi connectivity index (χ4v) is 6.88. The smallest absolute Gasteiger partial charge is 0.138 e. The van der Waals surface area contributed by atoms with Crippen LogP contribution in [0.25, 0.3) is 38.8 Å². The van der Waals surface area contributed by atoms with Crippen molar-refractivity contribution in [1.29, 1.82) is 0 Å². The van der Waals surface area contributed by atoms with Gasteiger partial charge in [-0.15, -0.1) is 0 Å². The maximum absolute atomic E-state index is 8.14. The number of hydrogen-bond acceptors (Lipinski definition) is 3. The van der Waals surface area contributed by atoms with Crippen LogP contribution in [-0.4, -0.2) is 23.2 Å². The summed E-state index contributed by atoms with van der Waals surface area (Å²) in [5.74, 6) is 0.880. The van der Waals surface area contributed by atoms with Crippen LogP contribution in [0.15, 0.2) is 134 Å². The summed E-state index contributed by atoms with van der Waals surface area (Å²) >= 11 is 0. The molecule has 4 heteroatoms. The van der Waals surface area contributed by atoms with Crippen LogP contribution in [0.4, 0.5) is 17.1 Å². The molecule has 0 bridgehead atoms. The monoisotopic (exact) mass is 587 g/mol. The van der Waals surface area contributed by atoms with Crippen molar-refractivity contribution in [1.82, 2.24) is 9.55 Å². The van der Waals surface area contributed by atoms with E-state index in [-0.39, 0.29) is 12.1 Å². The number of pyridine rings is 1. The summed E-state index contributed by atoms with van der Waals surface area (Å²) < 4.78 is 26.7. The van der Waals surface area contributed by atoms with E-state index in [0.29, 0.717) is 0 Å². The van der Waals surface area contributed by atoms with Gasteiger partial charge in [0.1, 0.15) is 5.82 Å². The number of hydrogen-bond donors (Lipinski definition) is 0. The van der Waals surface area contributed by atoms with E-state index in [0.717, 1.165) is 45.0 Å². The highest BCUT2D eigenvalue weighted by Gasteiger charge is 2.28. The average Bonchev–Trinajstić information content (AvgIpc) is 3.65. The van der Waals surface area contributed by atoms with Crippen molar-refractivity contribution in [3.63, 3.8) is 0 Å². The fourth-order valence-electron chi connectivity index (χ4n) is 6.88. The molecule has 45 heavy (non-hydrogen) atoms. The van der Waals surface area contributed by atoms with E-state index >= 15 is 0 Å². The molecule has 0 amide bonds. The van der Waals surface area contributed by atoms with Gasteiger partial charge in [0, 0.05) is 39.2 Å².